The Morgan fingerprint density at radius 3 is 3.03 bits per heavy atom. The fourth-order valence-corrected chi connectivity index (χ4v) is 6.71. The molecule has 3 aliphatic rings. The molecule has 0 aromatic carbocycles. The molecule has 9 nitrogen and oxygen atoms in total. The normalized spacial score (nSPS) is 25.9. The minimum atomic E-state index is -0.361. The Labute approximate surface area is 212 Å². The molecule has 2 saturated heterocycles. The molecule has 3 aromatic rings. The third-order valence-electron chi connectivity index (χ3n) is 7.68. The van der Waals surface area contributed by atoms with Crippen LogP contribution >= 0.6 is 11.3 Å². The molecule has 1 spiro atoms. The van der Waals surface area contributed by atoms with E-state index in [9.17, 15) is 4.79 Å². The average molecular weight is 512 g/mol. The first-order chi connectivity index (χ1) is 17.3. The molecule has 5 N–H and O–H groups in total. The summed E-state index contributed by atoms with van der Waals surface area (Å²) >= 11 is 1.23. The Morgan fingerprint density at radius 1 is 1.36 bits per heavy atom. The van der Waals surface area contributed by atoms with Gasteiger partial charge in [-0.1, -0.05) is 0 Å². The van der Waals surface area contributed by atoms with E-state index < -0.39 is 0 Å². The minimum Gasteiger partial charge on any atom is -0.396 e. The highest BCUT2D eigenvalue weighted by Crippen LogP contribution is 2.37. The van der Waals surface area contributed by atoms with Crippen molar-refractivity contribution in [1.29, 1.82) is 0 Å². The number of carbonyl (C=O) groups is 1. The molecule has 3 atom stereocenters. The molecule has 190 valence electrons. The van der Waals surface area contributed by atoms with E-state index in [1.54, 1.807) is 6.20 Å². The molecule has 5 heterocycles. The monoisotopic (exact) mass is 511 g/mol. The Kier molecular flexibility index (Phi) is 5.81. The molecular formula is C25H30FN7O2S. The van der Waals surface area contributed by atoms with Crippen LogP contribution in [-0.2, 0) is 17.6 Å². The molecule has 2 fully saturated rings. The number of amides is 1. The molecule has 0 bridgehead atoms. The zero-order valence-electron chi connectivity index (χ0n) is 20.2. The first kappa shape index (κ1) is 23.5. The van der Waals surface area contributed by atoms with Gasteiger partial charge in [0.05, 0.1) is 24.0 Å². The van der Waals surface area contributed by atoms with E-state index in [0.29, 0.717) is 64.6 Å². The van der Waals surface area contributed by atoms with Crippen LogP contribution in [-0.4, -0.2) is 58.2 Å². The number of rotatable bonds is 3. The van der Waals surface area contributed by atoms with Crippen LogP contribution in [0.4, 0.5) is 15.9 Å². The maximum absolute atomic E-state index is 15.3. The van der Waals surface area contributed by atoms with E-state index in [2.05, 4.69) is 20.2 Å². The molecule has 0 saturated carbocycles. The van der Waals surface area contributed by atoms with Crippen LogP contribution in [0.2, 0.25) is 0 Å². The Hall–Kier alpha value is -2.89. The summed E-state index contributed by atoms with van der Waals surface area (Å²) in [6.45, 7) is 3.80. The summed E-state index contributed by atoms with van der Waals surface area (Å²) in [7, 11) is 0. The first-order valence-corrected chi connectivity index (χ1v) is 13.3. The maximum Gasteiger partial charge on any atom is 0.263 e. The second-order valence-electron chi connectivity index (χ2n) is 10.2. The van der Waals surface area contributed by atoms with E-state index in [0.717, 1.165) is 37.3 Å². The standard InChI is InChI=1S/C25H30FN7O2S/c1-13-10-29-21-20(28)22(36-24(21)30-13)23(34)31-14-4-5-17-15(8-14)16(26)9-19(32-17)33-11-18(27)25(12-33)6-2-3-7-35-25/h9-10,14,18H,2-8,11-12,27-28H2,1H3,(H,31,34). The van der Waals surface area contributed by atoms with Crippen molar-refractivity contribution in [3.63, 3.8) is 0 Å². The second kappa shape index (κ2) is 8.89. The van der Waals surface area contributed by atoms with Crippen molar-refractivity contribution in [2.24, 2.45) is 5.73 Å². The summed E-state index contributed by atoms with van der Waals surface area (Å²) in [5, 5.41) is 3.03. The Bertz CT molecular complexity index is 1340. The fraction of sp³-hybridized carbons (Fsp3) is 0.520. The Morgan fingerprint density at radius 2 is 2.22 bits per heavy atom. The molecule has 6 rings (SSSR count). The van der Waals surface area contributed by atoms with Crippen LogP contribution in [0.1, 0.15) is 52.3 Å². The summed E-state index contributed by atoms with van der Waals surface area (Å²) in [5.74, 6) is 0.0408. The largest absolute Gasteiger partial charge is 0.396 e. The average Bonchev–Trinajstić information content (AvgIpc) is 3.36. The van der Waals surface area contributed by atoms with E-state index in [4.69, 9.17) is 21.2 Å². The number of fused-ring (bicyclic) bond motifs is 2. The highest BCUT2D eigenvalue weighted by Gasteiger charge is 2.47. The van der Waals surface area contributed by atoms with Gasteiger partial charge in [0.25, 0.3) is 5.91 Å². The minimum absolute atomic E-state index is 0.117. The van der Waals surface area contributed by atoms with Crippen molar-refractivity contribution < 1.29 is 13.9 Å². The number of hydrogen-bond donors (Lipinski definition) is 3. The molecule has 1 aliphatic carbocycles. The van der Waals surface area contributed by atoms with Crippen LogP contribution in [0.25, 0.3) is 10.3 Å². The smallest absolute Gasteiger partial charge is 0.263 e. The molecule has 2 aliphatic heterocycles. The topological polar surface area (TPSA) is 132 Å². The van der Waals surface area contributed by atoms with E-state index in [1.807, 2.05) is 6.92 Å². The quantitative estimate of drug-likeness (QED) is 0.489. The number of hydrogen-bond acceptors (Lipinski definition) is 9. The summed E-state index contributed by atoms with van der Waals surface area (Å²) in [4.78, 5) is 29.6. The predicted molar refractivity (Wildman–Crippen MR) is 137 cm³/mol. The number of nitrogens with two attached hydrogens (primary N) is 2. The SMILES string of the molecule is Cc1cnc2c(N)c(C(=O)NC3CCc4nc(N5CC(N)C6(CCCCO6)C5)cc(F)c4C3)sc2n1. The number of pyridine rings is 1. The van der Waals surface area contributed by atoms with Gasteiger partial charge in [0.2, 0.25) is 0 Å². The highest BCUT2D eigenvalue weighted by atomic mass is 32.1. The van der Waals surface area contributed by atoms with Gasteiger partial charge in [0.15, 0.2) is 0 Å². The second-order valence-corrected chi connectivity index (χ2v) is 11.2. The number of carbonyl (C=O) groups excluding carboxylic acids is 1. The third-order valence-corrected chi connectivity index (χ3v) is 8.77. The van der Waals surface area contributed by atoms with Gasteiger partial charge in [0, 0.05) is 42.7 Å². The molecule has 36 heavy (non-hydrogen) atoms. The van der Waals surface area contributed by atoms with Gasteiger partial charge in [-0.3, -0.25) is 4.79 Å². The lowest BCUT2D eigenvalue weighted by Crippen LogP contribution is -2.51. The predicted octanol–water partition coefficient (Wildman–Crippen LogP) is 2.49. The summed E-state index contributed by atoms with van der Waals surface area (Å²) in [5.41, 5.74) is 15.2. The molecular weight excluding hydrogens is 481 g/mol. The van der Waals surface area contributed by atoms with Crippen LogP contribution in [0.5, 0.6) is 0 Å². The van der Waals surface area contributed by atoms with Crippen LogP contribution in [0.3, 0.4) is 0 Å². The molecule has 0 radical (unpaired) electrons. The molecule has 3 aromatic heterocycles. The van der Waals surface area contributed by atoms with Crippen molar-refractivity contribution in [2.45, 2.75) is 63.1 Å². The number of nitrogens with zero attached hydrogens (tertiary/aromatic N) is 4. The number of anilines is 2. The van der Waals surface area contributed by atoms with E-state index in [-0.39, 0.29) is 29.4 Å². The van der Waals surface area contributed by atoms with Crippen molar-refractivity contribution >= 4 is 39.1 Å². The van der Waals surface area contributed by atoms with Crippen molar-refractivity contribution in [2.75, 3.05) is 30.3 Å². The van der Waals surface area contributed by atoms with Crippen molar-refractivity contribution in [1.82, 2.24) is 20.3 Å². The third kappa shape index (κ3) is 3.99. The Balaban J connectivity index is 1.17. The van der Waals surface area contributed by atoms with Gasteiger partial charge >= 0.3 is 0 Å². The van der Waals surface area contributed by atoms with Gasteiger partial charge < -0.3 is 26.4 Å². The van der Waals surface area contributed by atoms with E-state index >= 15 is 4.39 Å². The van der Waals surface area contributed by atoms with Gasteiger partial charge in [-0.15, -0.1) is 11.3 Å². The number of aromatic nitrogens is 3. The summed E-state index contributed by atoms with van der Waals surface area (Å²) in [6.07, 6.45) is 6.34. The highest BCUT2D eigenvalue weighted by molar-refractivity contribution is 7.21. The fourth-order valence-electron chi connectivity index (χ4n) is 5.71. The number of aryl methyl sites for hydroxylation is 2. The van der Waals surface area contributed by atoms with Gasteiger partial charge in [-0.25, -0.2) is 19.3 Å². The zero-order chi connectivity index (χ0) is 25.0. The van der Waals surface area contributed by atoms with Crippen LogP contribution in [0.15, 0.2) is 12.3 Å². The number of halogens is 1. The number of ether oxygens (including phenoxy) is 1. The summed E-state index contributed by atoms with van der Waals surface area (Å²) in [6, 6.07) is 1.17. The molecule has 1 amide bonds. The van der Waals surface area contributed by atoms with Gasteiger partial charge in [-0.2, -0.15) is 0 Å². The van der Waals surface area contributed by atoms with Crippen molar-refractivity contribution in [3.05, 3.63) is 39.9 Å². The lowest BCUT2D eigenvalue weighted by molar-refractivity contribution is -0.0717. The van der Waals surface area contributed by atoms with Crippen LogP contribution < -0.4 is 21.7 Å². The summed E-state index contributed by atoms with van der Waals surface area (Å²) < 4.78 is 21.4. The number of nitrogen functional groups attached to an aromatic ring is 1. The lowest BCUT2D eigenvalue weighted by atomic mass is 9.89. The maximum atomic E-state index is 15.3. The lowest BCUT2D eigenvalue weighted by Gasteiger charge is -2.36. The van der Waals surface area contributed by atoms with Crippen LogP contribution in [0, 0.1) is 12.7 Å². The number of thiophene rings is 1. The van der Waals surface area contributed by atoms with Crippen molar-refractivity contribution in [3.8, 4) is 0 Å². The zero-order valence-corrected chi connectivity index (χ0v) is 21.0. The molecule has 11 heteroatoms. The first-order valence-electron chi connectivity index (χ1n) is 12.5. The number of nitrogens with one attached hydrogen (secondary N) is 1. The van der Waals surface area contributed by atoms with E-state index in [1.165, 1.54) is 17.4 Å². The van der Waals surface area contributed by atoms with Gasteiger partial charge in [-0.05, 0) is 45.4 Å². The van der Waals surface area contributed by atoms with Gasteiger partial charge in [0.1, 0.15) is 32.5 Å². The molecule has 3 unspecified atom stereocenters.